The number of hydrogen-bond donors (Lipinski definition) is 0. The lowest BCUT2D eigenvalue weighted by Gasteiger charge is -2.12. The van der Waals surface area contributed by atoms with E-state index in [1.165, 1.54) is 22.5 Å². The maximum absolute atomic E-state index is 13.0. The Labute approximate surface area is 154 Å². The minimum absolute atomic E-state index is 0.0103. The number of aryl methyl sites for hydroxylation is 1. The summed E-state index contributed by atoms with van der Waals surface area (Å²) in [6.07, 6.45) is 0. The van der Waals surface area contributed by atoms with Crippen LogP contribution in [0.15, 0.2) is 76.0 Å². The molecule has 0 fully saturated rings. The van der Waals surface area contributed by atoms with Gasteiger partial charge in [0, 0.05) is 5.75 Å². The van der Waals surface area contributed by atoms with E-state index in [1.807, 2.05) is 41.8 Å². The Morgan fingerprint density at radius 1 is 1.04 bits per heavy atom. The smallest absolute Gasteiger partial charge is 0.267 e. The number of fused-ring (bicyclic) bond motifs is 1. The monoisotopic (exact) mass is 364 g/mol. The van der Waals surface area contributed by atoms with Crippen molar-refractivity contribution in [1.29, 1.82) is 0 Å². The zero-order valence-corrected chi connectivity index (χ0v) is 15.3. The van der Waals surface area contributed by atoms with Gasteiger partial charge in [0.2, 0.25) is 0 Å². The molecule has 0 unspecified atom stereocenters. The molecule has 0 spiro atoms. The third kappa shape index (κ3) is 3.25. The van der Waals surface area contributed by atoms with Gasteiger partial charge >= 0.3 is 0 Å². The summed E-state index contributed by atoms with van der Waals surface area (Å²) in [6, 6.07) is 20.0. The summed E-state index contributed by atoms with van der Waals surface area (Å²) < 4.78 is 1.72. The lowest BCUT2D eigenvalue weighted by Crippen LogP contribution is -2.21. The van der Waals surface area contributed by atoms with Gasteiger partial charge in [-0.15, -0.1) is 11.3 Å². The van der Waals surface area contributed by atoms with Crippen LogP contribution < -0.4 is 5.56 Å². The van der Waals surface area contributed by atoms with Crippen molar-refractivity contribution in [1.82, 2.24) is 9.55 Å². The van der Waals surface area contributed by atoms with Gasteiger partial charge in [0.25, 0.3) is 5.56 Å². The molecular weight excluding hydrogens is 348 g/mol. The highest BCUT2D eigenvalue weighted by molar-refractivity contribution is 7.98. The highest BCUT2D eigenvalue weighted by Crippen LogP contribution is 2.26. The molecule has 5 heteroatoms. The number of nitrogens with zero attached hydrogens (tertiary/aromatic N) is 2. The average Bonchev–Trinajstić information content (AvgIpc) is 3.11. The second-order valence-electron chi connectivity index (χ2n) is 5.78. The molecule has 4 rings (SSSR count). The predicted octanol–water partition coefficient (Wildman–Crippen LogP) is 5.05. The average molecular weight is 364 g/mol. The molecule has 3 nitrogen and oxygen atoms in total. The van der Waals surface area contributed by atoms with E-state index < -0.39 is 0 Å². The van der Waals surface area contributed by atoms with Gasteiger partial charge in [-0.3, -0.25) is 9.36 Å². The van der Waals surface area contributed by atoms with Crippen LogP contribution in [0.2, 0.25) is 0 Å². The molecule has 0 aliphatic heterocycles. The zero-order chi connectivity index (χ0) is 17.2. The van der Waals surface area contributed by atoms with Crippen molar-refractivity contribution in [3.8, 4) is 5.69 Å². The summed E-state index contributed by atoms with van der Waals surface area (Å²) >= 11 is 3.10. The Bertz CT molecular complexity index is 1070. The van der Waals surface area contributed by atoms with Crippen LogP contribution >= 0.6 is 23.1 Å². The van der Waals surface area contributed by atoms with Gasteiger partial charge in [-0.2, -0.15) is 0 Å². The minimum atomic E-state index is -0.0103. The Hall–Kier alpha value is -2.37. The first-order valence-corrected chi connectivity index (χ1v) is 9.83. The van der Waals surface area contributed by atoms with Crippen LogP contribution in [0.4, 0.5) is 0 Å². The summed E-state index contributed by atoms with van der Waals surface area (Å²) in [6.45, 7) is 2.08. The molecule has 0 N–H and O–H groups in total. The van der Waals surface area contributed by atoms with Crippen LogP contribution in [0.3, 0.4) is 0 Å². The SMILES string of the molecule is Cc1ccc(CSc2nc3sccc3c(=O)n2-c2ccccc2)cc1. The molecule has 0 aliphatic carbocycles. The van der Waals surface area contributed by atoms with E-state index in [4.69, 9.17) is 4.98 Å². The van der Waals surface area contributed by atoms with E-state index in [-0.39, 0.29) is 5.56 Å². The highest BCUT2D eigenvalue weighted by atomic mass is 32.2. The summed E-state index contributed by atoms with van der Waals surface area (Å²) in [5, 5.41) is 3.32. The van der Waals surface area contributed by atoms with Crippen molar-refractivity contribution in [2.45, 2.75) is 17.8 Å². The van der Waals surface area contributed by atoms with Crippen LogP contribution in [0.5, 0.6) is 0 Å². The van der Waals surface area contributed by atoms with Crippen molar-refractivity contribution in [2.24, 2.45) is 0 Å². The molecule has 2 aromatic heterocycles. The highest BCUT2D eigenvalue weighted by Gasteiger charge is 2.14. The Kier molecular flexibility index (Phi) is 4.42. The predicted molar refractivity (Wildman–Crippen MR) is 106 cm³/mol. The maximum Gasteiger partial charge on any atom is 0.267 e. The van der Waals surface area contributed by atoms with Gasteiger partial charge in [-0.1, -0.05) is 59.8 Å². The van der Waals surface area contributed by atoms with Gasteiger partial charge < -0.3 is 0 Å². The van der Waals surface area contributed by atoms with Gasteiger partial charge in [0.15, 0.2) is 5.16 Å². The molecule has 25 heavy (non-hydrogen) atoms. The number of thiophene rings is 1. The molecule has 124 valence electrons. The second kappa shape index (κ2) is 6.86. The number of rotatable bonds is 4. The summed E-state index contributed by atoms with van der Waals surface area (Å²) in [7, 11) is 0. The van der Waals surface area contributed by atoms with E-state index in [1.54, 1.807) is 16.3 Å². The minimum Gasteiger partial charge on any atom is -0.268 e. The van der Waals surface area contributed by atoms with Crippen molar-refractivity contribution in [2.75, 3.05) is 0 Å². The fourth-order valence-electron chi connectivity index (χ4n) is 2.63. The molecule has 0 atom stereocenters. The fourth-order valence-corrected chi connectivity index (χ4v) is 4.40. The molecule has 0 saturated carbocycles. The number of aromatic nitrogens is 2. The topological polar surface area (TPSA) is 34.9 Å². The molecule has 0 saturated heterocycles. The number of thioether (sulfide) groups is 1. The lowest BCUT2D eigenvalue weighted by molar-refractivity contribution is 0.822. The van der Waals surface area contributed by atoms with E-state index in [9.17, 15) is 4.79 Å². The fraction of sp³-hybridized carbons (Fsp3) is 0.100. The zero-order valence-electron chi connectivity index (χ0n) is 13.7. The largest absolute Gasteiger partial charge is 0.268 e. The first-order chi connectivity index (χ1) is 12.2. The van der Waals surface area contributed by atoms with Crippen LogP contribution in [0, 0.1) is 6.92 Å². The molecule has 4 aromatic rings. The summed E-state index contributed by atoms with van der Waals surface area (Å²) in [4.78, 5) is 18.5. The van der Waals surface area contributed by atoms with Crippen LogP contribution in [0.1, 0.15) is 11.1 Å². The number of benzene rings is 2. The molecule has 0 bridgehead atoms. The second-order valence-corrected chi connectivity index (χ2v) is 7.62. The molecule has 2 aromatic carbocycles. The van der Waals surface area contributed by atoms with E-state index in [0.29, 0.717) is 5.39 Å². The summed E-state index contributed by atoms with van der Waals surface area (Å²) in [5.41, 5.74) is 3.30. The van der Waals surface area contributed by atoms with Gasteiger partial charge in [0.05, 0.1) is 11.1 Å². The van der Waals surface area contributed by atoms with Crippen LogP contribution in [-0.2, 0) is 5.75 Å². The van der Waals surface area contributed by atoms with Crippen molar-refractivity contribution >= 4 is 33.3 Å². The lowest BCUT2D eigenvalue weighted by atomic mass is 10.2. The Balaban J connectivity index is 1.78. The van der Waals surface area contributed by atoms with Crippen LogP contribution in [0.25, 0.3) is 15.9 Å². The molecular formula is C20H16N2OS2. The number of hydrogen-bond acceptors (Lipinski definition) is 4. The number of para-hydroxylation sites is 1. The molecule has 0 aliphatic rings. The van der Waals surface area contributed by atoms with E-state index in [0.717, 1.165) is 21.4 Å². The normalized spacial score (nSPS) is 11.1. The van der Waals surface area contributed by atoms with Crippen molar-refractivity contribution in [3.63, 3.8) is 0 Å². The summed E-state index contributed by atoms with van der Waals surface area (Å²) in [5.74, 6) is 0.774. The standard InChI is InChI=1S/C20H16N2OS2/c1-14-7-9-15(10-8-14)13-25-20-21-18-17(11-12-24-18)19(23)22(20)16-5-3-2-4-6-16/h2-12H,13H2,1H3. The quantitative estimate of drug-likeness (QED) is 0.375. The van der Waals surface area contributed by atoms with Gasteiger partial charge in [-0.25, -0.2) is 4.98 Å². The molecule has 0 amide bonds. The first kappa shape index (κ1) is 16.1. The first-order valence-electron chi connectivity index (χ1n) is 7.96. The maximum atomic E-state index is 13.0. The van der Waals surface area contributed by atoms with Crippen molar-refractivity contribution in [3.05, 3.63) is 87.5 Å². The third-order valence-electron chi connectivity index (χ3n) is 3.97. The van der Waals surface area contributed by atoms with Gasteiger partial charge in [0.1, 0.15) is 4.83 Å². The third-order valence-corrected chi connectivity index (χ3v) is 5.79. The van der Waals surface area contributed by atoms with E-state index in [2.05, 4.69) is 31.2 Å². The van der Waals surface area contributed by atoms with Gasteiger partial charge in [-0.05, 0) is 36.1 Å². The van der Waals surface area contributed by atoms with E-state index >= 15 is 0 Å². The van der Waals surface area contributed by atoms with Crippen molar-refractivity contribution < 1.29 is 0 Å². The molecule has 0 radical (unpaired) electrons. The molecule has 2 heterocycles. The Morgan fingerprint density at radius 2 is 1.80 bits per heavy atom. The van der Waals surface area contributed by atoms with Crippen LogP contribution in [-0.4, -0.2) is 9.55 Å². The Morgan fingerprint density at radius 3 is 2.56 bits per heavy atom.